The maximum absolute atomic E-state index is 11.2. The monoisotopic (exact) mass is 229 g/mol. The predicted octanol–water partition coefficient (Wildman–Crippen LogP) is 3.13. The molecule has 1 rings (SSSR count). The Balaban J connectivity index is 0. The van der Waals surface area contributed by atoms with E-state index in [1.807, 2.05) is 32.2 Å². The maximum Gasteiger partial charge on any atom is 0.147 e. The third kappa shape index (κ3) is 5.70. The molecule has 0 bridgehead atoms. The number of ketones is 1. The van der Waals surface area contributed by atoms with Crippen LogP contribution >= 0.6 is 11.3 Å². The van der Waals surface area contributed by atoms with Crippen molar-refractivity contribution in [1.29, 1.82) is 0 Å². The van der Waals surface area contributed by atoms with Gasteiger partial charge in [-0.3, -0.25) is 4.79 Å². The average molecular weight is 229 g/mol. The number of Topliss-reactive ketones (excluding diaryl/α,β-unsaturated/α-hetero) is 1. The summed E-state index contributed by atoms with van der Waals surface area (Å²) in [6.45, 7) is 8.50. The number of carbonyl (C=O) groups is 1. The largest absolute Gasteiger partial charge is 0.307 e. The molecule has 0 unspecified atom stereocenters. The van der Waals surface area contributed by atoms with Crippen molar-refractivity contribution in [2.45, 2.75) is 40.2 Å². The normalized spacial score (nSPS) is 11.5. The summed E-state index contributed by atoms with van der Waals surface area (Å²) in [5.41, 5.74) is 0. The number of hydrogen-bond acceptors (Lipinski definition) is 3. The smallest absolute Gasteiger partial charge is 0.147 e. The fraction of sp³-hybridized carbons (Fsp3) is 0.583. The van der Waals surface area contributed by atoms with Crippen LogP contribution in [0.3, 0.4) is 0 Å². The van der Waals surface area contributed by atoms with Gasteiger partial charge in [0.15, 0.2) is 0 Å². The lowest BCUT2D eigenvalue weighted by Gasteiger charge is -2.12. The molecule has 1 aromatic rings. The number of carbonyl (C=O) groups excluding carboxylic acids is 1. The molecule has 0 amide bonds. The predicted molar refractivity (Wildman–Crippen MR) is 69.6 cm³/mol. The highest BCUT2D eigenvalue weighted by molar-refractivity contribution is 7.09. The summed E-state index contributed by atoms with van der Waals surface area (Å²) in [5.74, 6) is 0.218. The van der Waals surface area contributed by atoms with E-state index in [0.717, 1.165) is 13.0 Å². The first kappa shape index (κ1) is 14.3. The van der Waals surface area contributed by atoms with E-state index in [1.54, 1.807) is 18.3 Å². The first-order valence-electron chi connectivity index (χ1n) is 5.50. The molecule has 0 saturated heterocycles. The molecule has 0 radical (unpaired) electrons. The van der Waals surface area contributed by atoms with Gasteiger partial charge in [-0.1, -0.05) is 26.8 Å². The molecule has 88 valence electrons. The van der Waals surface area contributed by atoms with Crippen LogP contribution in [0.5, 0.6) is 0 Å². The summed E-state index contributed by atoms with van der Waals surface area (Å²) in [4.78, 5) is 12.5. The van der Waals surface area contributed by atoms with Crippen molar-refractivity contribution in [1.82, 2.24) is 5.32 Å². The van der Waals surface area contributed by atoms with Crippen molar-refractivity contribution in [2.75, 3.05) is 6.54 Å². The highest BCUT2D eigenvalue weighted by atomic mass is 32.1. The Morgan fingerprint density at radius 1 is 1.60 bits per heavy atom. The Labute approximate surface area is 98.2 Å². The second kappa shape index (κ2) is 8.62. The number of rotatable bonds is 5. The molecule has 1 aromatic heterocycles. The van der Waals surface area contributed by atoms with Crippen molar-refractivity contribution >= 4 is 17.1 Å². The number of hydrogen-bond donors (Lipinski definition) is 1. The standard InChI is InChI=1S/C10H15NOS.C2H6.H2/c1-3-11-10(8(2)12)7-9-5-4-6-13-9;1-2;/h4-6,10-11H,3,7H2,1-2H3;1-2H3;1H/t10-;;/m0../s1. The Bertz CT molecular complexity index is 262. The lowest BCUT2D eigenvalue weighted by atomic mass is 10.1. The molecule has 0 saturated carbocycles. The second-order valence-corrected chi connectivity index (χ2v) is 4.04. The molecule has 0 aliphatic heterocycles. The summed E-state index contributed by atoms with van der Waals surface area (Å²) >= 11 is 1.70. The number of likely N-dealkylation sites (N-methyl/N-ethyl adjacent to an activating group) is 1. The van der Waals surface area contributed by atoms with Gasteiger partial charge in [0.25, 0.3) is 0 Å². The van der Waals surface area contributed by atoms with Crippen LogP contribution in [0.1, 0.15) is 34.0 Å². The van der Waals surface area contributed by atoms with Crippen LogP contribution in [0.4, 0.5) is 0 Å². The third-order valence-electron chi connectivity index (χ3n) is 1.93. The maximum atomic E-state index is 11.2. The lowest BCUT2D eigenvalue weighted by Crippen LogP contribution is -2.36. The van der Waals surface area contributed by atoms with Gasteiger partial charge in [0.1, 0.15) is 5.78 Å². The Kier molecular flexibility index (Phi) is 8.24. The second-order valence-electron chi connectivity index (χ2n) is 3.00. The van der Waals surface area contributed by atoms with Gasteiger partial charge in [-0.05, 0) is 24.9 Å². The zero-order valence-corrected chi connectivity index (χ0v) is 10.9. The fourth-order valence-electron chi connectivity index (χ4n) is 1.24. The van der Waals surface area contributed by atoms with Crippen LogP contribution < -0.4 is 5.32 Å². The minimum absolute atomic E-state index is 0. The minimum Gasteiger partial charge on any atom is -0.307 e. The van der Waals surface area contributed by atoms with E-state index in [4.69, 9.17) is 0 Å². The van der Waals surface area contributed by atoms with Crippen LogP contribution in [0, 0.1) is 0 Å². The van der Waals surface area contributed by atoms with E-state index < -0.39 is 0 Å². The van der Waals surface area contributed by atoms with E-state index in [9.17, 15) is 4.79 Å². The van der Waals surface area contributed by atoms with Crippen LogP contribution in [0.25, 0.3) is 0 Å². The molecule has 1 atom stereocenters. The van der Waals surface area contributed by atoms with E-state index in [1.165, 1.54) is 4.88 Å². The van der Waals surface area contributed by atoms with Gasteiger partial charge < -0.3 is 5.32 Å². The molecular weight excluding hydrogens is 206 g/mol. The Morgan fingerprint density at radius 2 is 2.27 bits per heavy atom. The topological polar surface area (TPSA) is 29.1 Å². The number of nitrogens with one attached hydrogen (secondary N) is 1. The molecule has 0 fully saturated rings. The highest BCUT2D eigenvalue weighted by Crippen LogP contribution is 2.11. The van der Waals surface area contributed by atoms with Gasteiger partial charge in [0, 0.05) is 12.7 Å². The van der Waals surface area contributed by atoms with Gasteiger partial charge in [0.2, 0.25) is 0 Å². The molecule has 1 heterocycles. The van der Waals surface area contributed by atoms with E-state index in [0.29, 0.717) is 0 Å². The molecular formula is C12H23NOS. The molecule has 0 aromatic carbocycles. The average Bonchev–Trinajstić information content (AvgIpc) is 2.73. The van der Waals surface area contributed by atoms with Crippen LogP contribution in [0.15, 0.2) is 17.5 Å². The Morgan fingerprint density at radius 3 is 2.67 bits per heavy atom. The lowest BCUT2D eigenvalue weighted by molar-refractivity contribution is -0.118. The minimum atomic E-state index is -0.0105. The molecule has 0 aliphatic carbocycles. The Hall–Kier alpha value is -0.670. The van der Waals surface area contributed by atoms with E-state index in [2.05, 4.69) is 11.4 Å². The molecule has 3 heteroatoms. The molecule has 15 heavy (non-hydrogen) atoms. The van der Waals surface area contributed by atoms with Gasteiger partial charge in [-0.2, -0.15) is 0 Å². The van der Waals surface area contributed by atoms with Gasteiger partial charge >= 0.3 is 0 Å². The first-order valence-corrected chi connectivity index (χ1v) is 6.38. The van der Waals surface area contributed by atoms with Gasteiger partial charge in [-0.15, -0.1) is 11.3 Å². The van der Waals surface area contributed by atoms with Crippen molar-refractivity contribution in [3.8, 4) is 0 Å². The highest BCUT2D eigenvalue weighted by Gasteiger charge is 2.13. The fourth-order valence-corrected chi connectivity index (χ4v) is 1.99. The van der Waals surface area contributed by atoms with E-state index >= 15 is 0 Å². The molecule has 0 spiro atoms. The summed E-state index contributed by atoms with van der Waals surface area (Å²) < 4.78 is 0. The summed E-state index contributed by atoms with van der Waals surface area (Å²) in [7, 11) is 0. The number of thiophene rings is 1. The van der Waals surface area contributed by atoms with Crippen LogP contribution in [-0.2, 0) is 11.2 Å². The first-order chi connectivity index (χ1) is 7.24. The van der Waals surface area contributed by atoms with Crippen LogP contribution in [-0.4, -0.2) is 18.4 Å². The summed E-state index contributed by atoms with van der Waals surface area (Å²) in [5, 5.41) is 5.22. The molecule has 2 nitrogen and oxygen atoms in total. The van der Waals surface area contributed by atoms with Crippen molar-refractivity contribution in [3.63, 3.8) is 0 Å². The third-order valence-corrected chi connectivity index (χ3v) is 2.83. The van der Waals surface area contributed by atoms with Gasteiger partial charge in [-0.25, -0.2) is 0 Å². The van der Waals surface area contributed by atoms with Crippen LogP contribution in [0.2, 0.25) is 0 Å². The van der Waals surface area contributed by atoms with E-state index in [-0.39, 0.29) is 13.3 Å². The zero-order chi connectivity index (χ0) is 11.7. The quantitative estimate of drug-likeness (QED) is 0.840. The van der Waals surface area contributed by atoms with Gasteiger partial charge in [0.05, 0.1) is 6.04 Å². The van der Waals surface area contributed by atoms with Crippen molar-refractivity contribution < 1.29 is 6.22 Å². The SMILES string of the molecule is CC.CCN[C@@H](Cc1cccs1)C(C)=O.[HH]. The molecule has 0 aliphatic rings. The van der Waals surface area contributed by atoms with Crippen molar-refractivity contribution in [2.24, 2.45) is 0 Å². The molecule has 1 N–H and O–H groups in total. The summed E-state index contributed by atoms with van der Waals surface area (Å²) in [6, 6.07) is 4.07. The zero-order valence-electron chi connectivity index (χ0n) is 10.0. The summed E-state index contributed by atoms with van der Waals surface area (Å²) in [6.07, 6.45) is 0.820. The van der Waals surface area contributed by atoms with Crippen molar-refractivity contribution in [3.05, 3.63) is 22.4 Å².